The van der Waals surface area contributed by atoms with E-state index in [0.717, 1.165) is 16.7 Å². The molecule has 24 heavy (non-hydrogen) atoms. The highest BCUT2D eigenvalue weighted by Crippen LogP contribution is 2.37. The van der Waals surface area contributed by atoms with Crippen molar-refractivity contribution in [3.8, 4) is 0 Å². The molecule has 6 nitrogen and oxygen atoms in total. The fraction of sp³-hybridized carbons (Fsp3) is 0.444. The lowest BCUT2D eigenvalue weighted by molar-refractivity contribution is -0.174. The number of urea groups is 1. The summed E-state index contributed by atoms with van der Waals surface area (Å²) < 4.78 is 0. The first-order valence-corrected chi connectivity index (χ1v) is 8.15. The van der Waals surface area contributed by atoms with Crippen molar-refractivity contribution in [1.29, 1.82) is 0 Å². The molecule has 1 atom stereocenters. The van der Waals surface area contributed by atoms with Crippen LogP contribution in [0.25, 0.3) is 0 Å². The molecule has 1 aromatic carbocycles. The standard InChI is InChI=1S/C18H23N3O3/c1-6-24-21-9-14-15(17(21)22)16(19-18(23)20(14)5)13-8-11(3)10(2)7-12(13)4/h7-8,16H,6,9H2,1-5H3,(H,19,23). The van der Waals surface area contributed by atoms with Crippen LogP contribution >= 0.6 is 0 Å². The molecule has 0 aromatic heterocycles. The van der Waals surface area contributed by atoms with Crippen LogP contribution in [0.15, 0.2) is 23.4 Å². The number of hydroxylamine groups is 2. The van der Waals surface area contributed by atoms with Crippen molar-refractivity contribution in [1.82, 2.24) is 15.3 Å². The van der Waals surface area contributed by atoms with Gasteiger partial charge >= 0.3 is 6.03 Å². The number of carbonyl (C=O) groups excluding carboxylic acids is 2. The number of aryl methyl sites for hydroxylation is 3. The minimum absolute atomic E-state index is 0.179. The topological polar surface area (TPSA) is 61.9 Å². The van der Waals surface area contributed by atoms with Gasteiger partial charge in [-0.2, -0.15) is 0 Å². The Bertz CT molecular complexity index is 754. The maximum atomic E-state index is 12.8. The van der Waals surface area contributed by atoms with Crippen LogP contribution in [0.2, 0.25) is 0 Å². The SMILES string of the molecule is CCON1CC2=C(C1=O)C(c1cc(C)c(C)cc1C)NC(=O)N2C. The van der Waals surface area contributed by atoms with Crippen molar-refractivity contribution >= 4 is 11.9 Å². The molecule has 2 aliphatic rings. The second kappa shape index (κ2) is 5.94. The van der Waals surface area contributed by atoms with Crippen LogP contribution < -0.4 is 5.32 Å². The third-order valence-corrected chi connectivity index (χ3v) is 4.81. The molecule has 1 aromatic rings. The minimum Gasteiger partial charge on any atom is -0.326 e. The summed E-state index contributed by atoms with van der Waals surface area (Å²) in [5.74, 6) is -0.179. The lowest BCUT2D eigenvalue weighted by atomic mass is 9.90. The number of benzene rings is 1. The molecule has 0 saturated carbocycles. The van der Waals surface area contributed by atoms with Crippen LogP contribution in [0.1, 0.15) is 35.2 Å². The summed E-state index contributed by atoms with van der Waals surface area (Å²) in [6, 6.07) is 3.50. The van der Waals surface area contributed by atoms with E-state index in [1.165, 1.54) is 15.5 Å². The number of nitrogens with zero attached hydrogens (tertiary/aromatic N) is 2. The molecule has 0 fully saturated rings. The highest BCUT2D eigenvalue weighted by atomic mass is 16.7. The molecular weight excluding hydrogens is 306 g/mol. The maximum absolute atomic E-state index is 12.8. The van der Waals surface area contributed by atoms with Gasteiger partial charge in [-0.05, 0) is 49.9 Å². The van der Waals surface area contributed by atoms with Gasteiger partial charge in [0.25, 0.3) is 5.91 Å². The first kappa shape index (κ1) is 16.5. The van der Waals surface area contributed by atoms with Crippen molar-refractivity contribution in [3.63, 3.8) is 0 Å². The van der Waals surface area contributed by atoms with Crippen LogP contribution in [0.5, 0.6) is 0 Å². The smallest absolute Gasteiger partial charge is 0.322 e. The Labute approximate surface area is 142 Å². The Morgan fingerprint density at radius 3 is 2.50 bits per heavy atom. The monoisotopic (exact) mass is 329 g/mol. The average molecular weight is 329 g/mol. The number of hydrogen-bond acceptors (Lipinski definition) is 3. The van der Waals surface area contributed by atoms with Crippen molar-refractivity contribution < 1.29 is 14.4 Å². The van der Waals surface area contributed by atoms with Gasteiger partial charge in [0.15, 0.2) is 0 Å². The molecule has 2 heterocycles. The van der Waals surface area contributed by atoms with E-state index in [0.29, 0.717) is 24.4 Å². The van der Waals surface area contributed by atoms with E-state index < -0.39 is 6.04 Å². The van der Waals surface area contributed by atoms with E-state index in [-0.39, 0.29) is 11.9 Å². The molecule has 2 aliphatic heterocycles. The van der Waals surface area contributed by atoms with Crippen LogP contribution in [-0.2, 0) is 9.63 Å². The number of amides is 3. The van der Waals surface area contributed by atoms with Gasteiger partial charge in [-0.15, -0.1) is 0 Å². The molecule has 3 rings (SSSR count). The van der Waals surface area contributed by atoms with Gasteiger partial charge in [0.2, 0.25) is 0 Å². The summed E-state index contributed by atoms with van der Waals surface area (Å²) in [7, 11) is 1.68. The van der Waals surface area contributed by atoms with E-state index >= 15 is 0 Å². The van der Waals surface area contributed by atoms with Crippen LogP contribution in [-0.4, -0.2) is 42.1 Å². The summed E-state index contributed by atoms with van der Waals surface area (Å²) >= 11 is 0. The van der Waals surface area contributed by atoms with E-state index in [1.807, 2.05) is 20.8 Å². The highest BCUT2D eigenvalue weighted by molar-refractivity contribution is 6.00. The highest BCUT2D eigenvalue weighted by Gasteiger charge is 2.43. The normalized spacial score (nSPS) is 20.6. The largest absolute Gasteiger partial charge is 0.326 e. The Balaban J connectivity index is 2.10. The summed E-state index contributed by atoms with van der Waals surface area (Å²) in [6.07, 6.45) is 0. The fourth-order valence-corrected chi connectivity index (χ4v) is 3.33. The first-order chi connectivity index (χ1) is 11.3. The zero-order valence-electron chi connectivity index (χ0n) is 14.8. The Morgan fingerprint density at radius 1 is 1.17 bits per heavy atom. The maximum Gasteiger partial charge on any atom is 0.322 e. The van der Waals surface area contributed by atoms with Crippen molar-refractivity contribution in [2.24, 2.45) is 0 Å². The van der Waals surface area contributed by atoms with Gasteiger partial charge in [0, 0.05) is 7.05 Å². The lowest BCUT2D eigenvalue weighted by Gasteiger charge is -2.32. The van der Waals surface area contributed by atoms with Gasteiger partial charge in [0.05, 0.1) is 30.5 Å². The zero-order chi connectivity index (χ0) is 17.6. The van der Waals surface area contributed by atoms with Crippen molar-refractivity contribution in [3.05, 3.63) is 45.7 Å². The van der Waals surface area contributed by atoms with Crippen LogP contribution in [0.4, 0.5) is 4.79 Å². The molecule has 0 saturated heterocycles. The lowest BCUT2D eigenvalue weighted by Crippen LogP contribution is -2.45. The number of carbonyl (C=O) groups is 2. The molecule has 1 unspecified atom stereocenters. The van der Waals surface area contributed by atoms with Crippen LogP contribution in [0, 0.1) is 20.8 Å². The third kappa shape index (κ3) is 2.47. The summed E-state index contributed by atoms with van der Waals surface area (Å²) in [5.41, 5.74) is 5.65. The summed E-state index contributed by atoms with van der Waals surface area (Å²) in [6.45, 7) is 8.64. The second-order valence-corrected chi connectivity index (χ2v) is 6.35. The predicted octanol–water partition coefficient (Wildman–Crippen LogP) is 2.36. The molecular formula is C18H23N3O3. The van der Waals surface area contributed by atoms with Crippen molar-refractivity contribution in [2.45, 2.75) is 33.7 Å². The molecule has 6 heteroatoms. The molecule has 0 spiro atoms. The first-order valence-electron chi connectivity index (χ1n) is 8.15. The number of rotatable bonds is 3. The quantitative estimate of drug-likeness (QED) is 0.926. The third-order valence-electron chi connectivity index (χ3n) is 4.81. The van der Waals surface area contributed by atoms with Gasteiger partial charge in [-0.1, -0.05) is 12.1 Å². The van der Waals surface area contributed by atoms with Gasteiger partial charge in [-0.3, -0.25) is 14.5 Å². The Hall–Kier alpha value is -2.34. The summed E-state index contributed by atoms with van der Waals surface area (Å²) in [4.78, 5) is 32.1. The van der Waals surface area contributed by atoms with Gasteiger partial charge in [-0.25, -0.2) is 9.86 Å². The number of likely N-dealkylation sites (N-methyl/N-ethyl adjacent to an activating group) is 1. The predicted molar refractivity (Wildman–Crippen MR) is 90.1 cm³/mol. The Kier molecular flexibility index (Phi) is 4.09. The Morgan fingerprint density at radius 2 is 1.83 bits per heavy atom. The van der Waals surface area contributed by atoms with Crippen LogP contribution in [0.3, 0.4) is 0 Å². The molecule has 0 radical (unpaired) electrons. The fourth-order valence-electron chi connectivity index (χ4n) is 3.33. The van der Waals surface area contributed by atoms with Gasteiger partial charge < -0.3 is 5.32 Å². The van der Waals surface area contributed by atoms with E-state index in [9.17, 15) is 9.59 Å². The zero-order valence-corrected chi connectivity index (χ0v) is 14.8. The molecule has 0 aliphatic carbocycles. The second-order valence-electron chi connectivity index (χ2n) is 6.35. The van der Waals surface area contributed by atoms with Gasteiger partial charge in [0.1, 0.15) is 0 Å². The summed E-state index contributed by atoms with van der Waals surface area (Å²) in [5, 5.41) is 4.30. The average Bonchev–Trinajstić information content (AvgIpc) is 2.85. The molecule has 0 bridgehead atoms. The molecule has 1 N–H and O–H groups in total. The van der Waals surface area contributed by atoms with E-state index in [4.69, 9.17) is 4.84 Å². The number of hydrogen-bond donors (Lipinski definition) is 1. The molecule has 128 valence electrons. The van der Waals surface area contributed by atoms with E-state index in [2.05, 4.69) is 24.4 Å². The van der Waals surface area contributed by atoms with E-state index in [1.54, 1.807) is 7.05 Å². The van der Waals surface area contributed by atoms with Crippen molar-refractivity contribution in [2.75, 3.05) is 20.2 Å². The molecule has 3 amide bonds. The number of nitrogens with one attached hydrogen (secondary N) is 1. The minimum atomic E-state index is -0.444.